The molecule has 4 aromatic rings. The molecule has 0 bridgehead atoms. The molecule has 0 spiro atoms. The number of hydrogen-bond donors (Lipinski definition) is 2. The third-order valence-electron chi connectivity index (χ3n) is 8.55. The largest absolute Gasteiger partial charge is 0.495 e. The molecule has 0 radical (unpaired) electrons. The van der Waals surface area contributed by atoms with Crippen molar-refractivity contribution in [3.8, 4) is 5.75 Å². The second-order valence-corrected chi connectivity index (χ2v) is 13.6. The van der Waals surface area contributed by atoms with Gasteiger partial charge in [-0.05, 0) is 87.0 Å². The molecule has 2 aromatic heterocycles. The molecule has 2 N–H and O–H groups in total. The van der Waals surface area contributed by atoms with E-state index in [1.807, 2.05) is 44.2 Å². The molecule has 2 aliphatic heterocycles. The van der Waals surface area contributed by atoms with Crippen LogP contribution in [0.15, 0.2) is 53.6 Å². The Balaban J connectivity index is 1.24. The molecule has 1 unspecified atom stereocenters. The molecule has 10 nitrogen and oxygen atoms in total. The standard InChI is InChI=1S/C32H41N7O3S/c1-21(2)43(40)29-8-6-5-7-26(29)35-32-37-31(36-30-9-14-33-39(30)32)34-27-19-22(3)25(20-28(27)41-4)23-10-15-38(16-11-23)24-12-17-42-18-13-24/h5-9,14,19-21,23-24H,10-13,15-18H2,1-4H3,(H2,34,35,36,37). The number of fused-ring (bicyclic) bond motifs is 1. The molecule has 1 atom stereocenters. The lowest BCUT2D eigenvalue weighted by atomic mass is 9.85. The van der Waals surface area contributed by atoms with Gasteiger partial charge in [-0.15, -0.1) is 0 Å². The molecular weight excluding hydrogens is 562 g/mol. The number of nitrogens with zero attached hydrogens (tertiary/aromatic N) is 5. The lowest BCUT2D eigenvalue weighted by Crippen LogP contribution is -2.43. The van der Waals surface area contributed by atoms with E-state index in [4.69, 9.17) is 19.4 Å². The Kier molecular flexibility index (Phi) is 8.92. The maximum atomic E-state index is 13.0. The molecule has 2 aromatic carbocycles. The highest BCUT2D eigenvalue weighted by Gasteiger charge is 2.28. The zero-order valence-corrected chi connectivity index (χ0v) is 26.2. The Morgan fingerprint density at radius 2 is 1.77 bits per heavy atom. The molecule has 4 heterocycles. The average molecular weight is 604 g/mol. The molecule has 11 heteroatoms. The lowest BCUT2D eigenvalue weighted by molar-refractivity contribution is 0.0251. The summed E-state index contributed by atoms with van der Waals surface area (Å²) in [6.45, 7) is 10.1. The lowest BCUT2D eigenvalue weighted by Gasteiger charge is -2.39. The van der Waals surface area contributed by atoms with Crippen LogP contribution >= 0.6 is 0 Å². The summed E-state index contributed by atoms with van der Waals surface area (Å²) in [6, 6.07) is 14.4. The molecule has 0 aliphatic carbocycles. The van der Waals surface area contributed by atoms with Crippen molar-refractivity contribution in [1.29, 1.82) is 0 Å². The van der Waals surface area contributed by atoms with Crippen LogP contribution in [0.25, 0.3) is 5.65 Å². The van der Waals surface area contributed by atoms with Crippen molar-refractivity contribution in [3.63, 3.8) is 0 Å². The quantitative estimate of drug-likeness (QED) is 0.245. The first-order valence-electron chi connectivity index (χ1n) is 15.2. The zero-order valence-electron chi connectivity index (χ0n) is 25.4. The Morgan fingerprint density at radius 1 is 1.00 bits per heavy atom. The van der Waals surface area contributed by atoms with Gasteiger partial charge in [0.2, 0.25) is 11.9 Å². The molecular formula is C32H41N7O3S. The first-order valence-corrected chi connectivity index (χ1v) is 16.4. The van der Waals surface area contributed by atoms with E-state index < -0.39 is 10.8 Å². The number of para-hydroxylation sites is 1. The highest BCUT2D eigenvalue weighted by molar-refractivity contribution is 7.85. The van der Waals surface area contributed by atoms with E-state index in [2.05, 4.69) is 39.7 Å². The zero-order chi connectivity index (χ0) is 29.9. The summed E-state index contributed by atoms with van der Waals surface area (Å²) in [7, 11) is 0.530. The van der Waals surface area contributed by atoms with Crippen LogP contribution in [0.4, 0.5) is 23.3 Å². The van der Waals surface area contributed by atoms with Gasteiger partial charge in [0.1, 0.15) is 5.75 Å². The number of nitrogens with one attached hydrogen (secondary N) is 2. The van der Waals surface area contributed by atoms with Crippen molar-refractivity contribution in [2.45, 2.75) is 68.6 Å². The SMILES string of the molecule is COc1cc(C2CCN(C3CCOCC3)CC2)c(C)cc1Nc1nc(Nc2ccccc2S(=O)C(C)C)n2nccc2n1. The first kappa shape index (κ1) is 29.5. The van der Waals surface area contributed by atoms with Crippen molar-refractivity contribution >= 4 is 39.7 Å². The fourth-order valence-corrected chi connectivity index (χ4v) is 7.29. The number of anilines is 4. The van der Waals surface area contributed by atoms with Crippen molar-refractivity contribution < 1.29 is 13.7 Å². The van der Waals surface area contributed by atoms with E-state index in [1.165, 1.54) is 11.1 Å². The molecule has 228 valence electrons. The van der Waals surface area contributed by atoms with Crippen LogP contribution in [0.1, 0.15) is 56.6 Å². The van der Waals surface area contributed by atoms with Gasteiger partial charge in [-0.1, -0.05) is 26.0 Å². The summed E-state index contributed by atoms with van der Waals surface area (Å²) >= 11 is 0. The maximum Gasteiger partial charge on any atom is 0.233 e. The normalized spacial score (nSPS) is 17.8. The Hall–Kier alpha value is -3.54. The van der Waals surface area contributed by atoms with Crippen LogP contribution in [0.2, 0.25) is 0 Å². The maximum absolute atomic E-state index is 13.0. The van der Waals surface area contributed by atoms with Crippen molar-refractivity contribution in [2.24, 2.45) is 0 Å². The molecule has 6 rings (SSSR count). The summed E-state index contributed by atoms with van der Waals surface area (Å²) < 4.78 is 26.1. The number of ether oxygens (including phenoxy) is 2. The number of benzene rings is 2. The number of hydrogen-bond acceptors (Lipinski definition) is 9. The summed E-state index contributed by atoms with van der Waals surface area (Å²) in [5.74, 6) is 2.14. The predicted molar refractivity (Wildman–Crippen MR) is 170 cm³/mol. The summed E-state index contributed by atoms with van der Waals surface area (Å²) in [6.07, 6.45) is 6.27. The first-order chi connectivity index (χ1) is 20.9. The van der Waals surface area contributed by atoms with E-state index in [1.54, 1.807) is 17.8 Å². The fourth-order valence-electron chi connectivity index (χ4n) is 6.24. The summed E-state index contributed by atoms with van der Waals surface area (Å²) in [5.41, 5.74) is 4.72. The molecule has 2 aliphatic rings. The second kappa shape index (κ2) is 13.0. The average Bonchev–Trinajstić information content (AvgIpc) is 3.51. The topological polar surface area (TPSA) is 106 Å². The van der Waals surface area contributed by atoms with Gasteiger partial charge in [0.05, 0.1) is 40.4 Å². The predicted octanol–water partition coefficient (Wildman–Crippen LogP) is 5.80. The molecule has 2 fully saturated rings. The van der Waals surface area contributed by atoms with Crippen LogP contribution in [-0.2, 0) is 15.5 Å². The van der Waals surface area contributed by atoms with Gasteiger partial charge in [0, 0.05) is 30.6 Å². The second-order valence-electron chi connectivity index (χ2n) is 11.6. The minimum atomic E-state index is -1.17. The third kappa shape index (κ3) is 6.39. The summed E-state index contributed by atoms with van der Waals surface area (Å²) in [4.78, 5) is 12.9. The summed E-state index contributed by atoms with van der Waals surface area (Å²) in [5, 5.41) is 11.1. The minimum Gasteiger partial charge on any atom is -0.495 e. The number of likely N-dealkylation sites (tertiary alicyclic amines) is 1. The smallest absolute Gasteiger partial charge is 0.233 e. The Labute approximate surface area is 255 Å². The molecule has 0 saturated carbocycles. The molecule has 0 amide bonds. The van der Waals surface area contributed by atoms with Gasteiger partial charge in [-0.3, -0.25) is 4.21 Å². The molecule has 2 saturated heterocycles. The van der Waals surface area contributed by atoms with Gasteiger partial charge in [-0.2, -0.15) is 19.6 Å². The van der Waals surface area contributed by atoms with Gasteiger partial charge in [0.15, 0.2) is 5.65 Å². The van der Waals surface area contributed by atoms with E-state index in [-0.39, 0.29) is 5.25 Å². The van der Waals surface area contributed by atoms with Crippen LogP contribution in [0, 0.1) is 6.92 Å². The van der Waals surface area contributed by atoms with Crippen LogP contribution < -0.4 is 15.4 Å². The van der Waals surface area contributed by atoms with Crippen molar-refractivity contribution in [1.82, 2.24) is 24.5 Å². The monoisotopic (exact) mass is 603 g/mol. The highest BCUT2D eigenvalue weighted by Crippen LogP contribution is 2.38. The van der Waals surface area contributed by atoms with Crippen molar-refractivity contribution in [3.05, 3.63) is 59.8 Å². The Morgan fingerprint density at radius 3 is 2.51 bits per heavy atom. The van der Waals surface area contributed by atoms with E-state index in [9.17, 15) is 4.21 Å². The van der Waals surface area contributed by atoms with Crippen LogP contribution in [0.3, 0.4) is 0 Å². The van der Waals surface area contributed by atoms with Gasteiger partial charge in [-0.25, -0.2) is 0 Å². The van der Waals surface area contributed by atoms with E-state index in [0.29, 0.717) is 29.5 Å². The van der Waals surface area contributed by atoms with E-state index >= 15 is 0 Å². The number of methoxy groups -OCH3 is 1. The third-order valence-corrected chi connectivity index (χ3v) is 10.2. The van der Waals surface area contributed by atoms with Gasteiger partial charge >= 0.3 is 0 Å². The number of aryl methyl sites for hydroxylation is 1. The van der Waals surface area contributed by atoms with Gasteiger partial charge in [0.25, 0.3) is 0 Å². The number of aromatic nitrogens is 4. The van der Waals surface area contributed by atoms with Gasteiger partial charge < -0.3 is 25.0 Å². The number of piperidine rings is 1. The molecule has 43 heavy (non-hydrogen) atoms. The highest BCUT2D eigenvalue weighted by atomic mass is 32.2. The fraction of sp³-hybridized carbons (Fsp3) is 0.469. The van der Waals surface area contributed by atoms with Crippen molar-refractivity contribution in [2.75, 3.05) is 44.0 Å². The minimum absolute atomic E-state index is 0.0199. The van der Waals surface area contributed by atoms with E-state index in [0.717, 1.165) is 74.0 Å². The Bertz CT molecular complexity index is 1590. The van der Waals surface area contributed by atoms with Crippen LogP contribution in [-0.4, -0.2) is 73.4 Å². The van der Waals surface area contributed by atoms with Crippen LogP contribution in [0.5, 0.6) is 5.75 Å². The number of rotatable bonds is 9.